The molecular formula is C16H21ClN2S. The van der Waals surface area contributed by atoms with Crippen molar-refractivity contribution in [1.29, 1.82) is 0 Å². The zero-order chi connectivity index (χ0) is 14.5. The van der Waals surface area contributed by atoms with Crippen LogP contribution in [0.25, 0.3) is 0 Å². The molecule has 1 atom stereocenters. The Morgan fingerprint density at radius 1 is 1.35 bits per heavy atom. The van der Waals surface area contributed by atoms with Crippen molar-refractivity contribution in [1.82, 2.24) is 10.3 Å². The van der Waals surface area contributed by atoms with Crippen LogP contribution in [0.3, 0.4) is 0 Å². The van der Waals surface area contributed by atoms with E-state index in [4.69, 9.17) is 16.6 Å². The maximum Gasteiger partial charge on any atom is 0.0975 e. The minimum Gasteiger partial charge on any atom is -0.309 e. The number of hydrogen-bond donors (Lipinski definition) is 1. The summed E-state index contributed by atoms with van der Waals surface area (Å²) < 4.78 is 0. The summed E-state index contributed by atoms with van der Waals surface area (Å²) in [7, 11) is 0. The number of halogens is 1. The Balaban J connectivity index is 2.13. The lowest BCUT2D eigenvalue weighted by Crippen LogP contribution is -2.18. The van der Waals surface area contributed by atoms with Gasteiger partial charge in [-0.2, -0.15) is 0 Å². The summed E-state index contributed by atoms with van der Waals surface area (Å²) in [5.41, 5.74) is 2.27. The third-order valence-corrected chi connectivity index (χ3v) is 4.98. The molecule has 0 spiro atoms. The minimum absolute atomic E-state index is 0.368. The van der Waals surface area contributed by atoms with Crippen LogP contribution in [0.5, 0.6) is 0 Å². The number of hydrogen-bond acceptors (Lipinski definition) is 3. The van der Waals surface area contributed by atoms with Gasteiger partial charge in [-0.1, -0.05) is 36.7 Å². The van der Waals surface area contributed by atoms with Crippen LogP contribution >= 0.6 is 22.9 Å². The van der Waals surface area contributed by atoms with Crippen molar-refractivity contribution in [2.24, 2.45) is 0 Å². The average molecular weight is 309 g/mol. The highest BCUT2D eigenvalue weighted by molar-refractivity contribution is 7.11. The Hall–Kier alpha value is -0.900. The van der Waals surface area contributed by atoms with Crippen molar-refractivity contribution >= 4 is 22.9 Å². The molecule has 0 aliphatic heterocycles. The fourth-order valence-corrected chi connectivity index (χ4v) is 3.52. The molecule has 1 heterocycles. The number of aryl methyl sites for hydroxylation is 1. The summed E-state index contributed by atoms with van der Waals surface area (Å²) in [6.07, 6.45) is 1.96. The van der Waals surface area contributed by atoms with E-state index < -0.39 is 0 Å². The molecule has 2 nitrogen and oxygen atoms in total. The van der Waals surface area contributed by atoms with Crippen LogP contribution in [0, 0.1) is 6.92 Å². The Bertz CT molecular complexity index is 565. The first kappa shape index (κ1) is 15.5. The third kappa shape index (κ3) is 3.81. The smallest absolute Gasteiger partial charge is 0.0975 e. The van der Waals surface area contributed by atoms with Gasteiger partial charge in [0, 0.05) is 22.4 Å². The molecule has 0 saturated carbocycles. The fraction of sp³-hybridized carbons (Fsp3) is 0.438. The first-order valence-corrected chi connectivity index (χ1v) is 8.24. The van der Waals surface area contributed by atoms with Gasteiger partial charge in [-0.3, -0.25) is 0 Å². The fourth-order valence-electron chi connectivity index (χ4n) is 2.20. The molecule has 4 heteroatoms. The van der Waals surface area contributed by atoms with Gasteiger partial charge in [-0.15, -0.1) is 11.3 Å². The van der Waals surface area contributed by atoms with Crippen molar-refractivity contribution in [3.05, 3.63) is 50.4 Å². The lowest BCUT2D eigenvalue weighted by molar-refractivity contribution is 0.575. The summed E-state index contributed by atoms with van der Waals surface area (Å²) >= 11 is 8.01. The Labute approximate surface area is 130 Å². The Morgan fingerprint density at radius 3 is 2.80 bits per heavy atom. The van der Waals surface area contributed by atoms with Crippen molar-refractivity contribution in [3.63, 3.8) is 0 Å². The Kier molecular flexibility index (Phi) is 5.58. The number of nitrogens with one attached hydrogen (secondary N) is 1. The second-order valence-corrected chi connectivity index (χ2v) is 6.52. The molecule has 1 unspecified atom stereocenters. The number of nitrogens with zero attached hydrogens (tertiary/aromatic N) is 1. The summed E-state index contributed by atoms with van der Waals surface area (Å²) in [4.78, 5) is 6.03. The molecule has 0 bridgehead atoms. The molecule has 1 aromatic carbocycles. The monoisotopic (exact) mass is 308 g/mol. The lowest BCUT2D eigenvalue weighted by Gasteiger charge is -2.11. The molecule has 0 amide bonds. The lowest BCUT2D eigenvalue weighted by atomic mass is 10.1. The third-order valence-electron chi connectivity index (χ3n) is 3.27. The highest BCUT2D eigenvalue weighted by Gasteiger charge is 2.14. The van der Waals surface area contributed by atoms with Crippen molar-refractivity contribution in [3.8, 4) is 0 Å². The van der Waals surface area contributed by atoms with E-state index in [1.54, 1.807) is 11.3 Å². The molecule has 0 aliphatic carbocycles. The van der Waals surface area contributed by atoms with Crippen LogP contribution < -0.4 is 5.32 Å². The van der Waals surface area contributed by atoms with E-state index in [0.717, 1.165) is 40.7 Å². The van der Waals surface area contributed by atoms with Gasteiger partial charge in [-0.25, -0.2) is 4.98 Å². The van der Waals surface area contributed by atoms with Gasteiger partial charge in [0.15, 0.2) is 0 Å². The maximum absolute atomic E-state index is 6.22. The van der Waals surface area contributed by atoms with Gasteiger partial charge in [0.25, 0.3) is 0 Å². The zero-order valence-corrected chi connectivity index (χ0v) is 13.8. The van der Waals surface area contributed by atoms with Gasteiger partial charge in [0.2, 0.25) is 0 Å². The first-order chi connectivity index (χ1) is 9.61. The summed E-state index contributed by atoms with van der Waals surface area (Å²) in [6.45, 7) is 7.52. The molecular weight excluding hydrogens is 288 g/mol. The van der Waals surface area contributed by atoms with E-state index in [1.165, 1.54) is 4.88 Å². The molecule has 1 aromatic heterocycles. The molecule has 108 valence electrons. The standard InChI is InChI=1S/C16H21ClN2S/c1-4-9-18-11(2)16-12(3)19-15(20-16)10-13-7-5-6-8-14(13)17/h5-8,11,18H,4,9-10H2,1-3H3. The van der Waals surface area contributed by atoms with Crippen LogP contribution in [0.4, 0.5) is 0 Å². The van der Waals surface area contributed by atoms with Crippen LogP contribution in [-0.2, 0) is 6.42 Å². The molecule has 0 radical (unpaired) electrons. The van der Waals surface area contributed by atoms with Gasteiger partial charge < -0.3 is 5.32 Å². The predicted molar refractivity (Wildman–Crippen MR) is 87.8 cm³/mol. The van der Waals surface area contributed by atoms with Crippen molar-refractivity contribution in [2.75, 3.05) is 6.54 Å². The molecule has 2 rings (SSSR count). The molecule has 0 saturated heterocycles. The highest BCUT2D eigenvalue weighted by Crippen LogP contribution is 2.28. The minimum atomic E-state index is 0.368. The van der Waals surface area contributed by atoms with E-state index in [9.17, 15) is 0 Å². The number of benzene rings is 1. The molecule has 0 aliphatic rings. The Morgan fingerprint density at radius 2 is 2.10 bits per heavy atom. The summed E-state index contributed by atoms with van der Waals surface area (Å²) in [6, 6.07) is 8.35. The maximum atomic E-state index is 6.22. The molecule has 2 aromatic rings. The topological polar surface area (TPSA) is 24.9 Å². The quantitative estimate of drug-likeness (QED) is 0.832. The van der Waals surface area contributed by atoms with Crippen molar-refractivity contribution < 1.29 is 0 Å². The normalized spacial score (nSPS) is 12.6. The molecule has 1 N–H and O–H groups in total. The van der Waals surface area contributed by atoms with Gasteiger partial charge in [0.05, 0.1) is 10.7 Å². The van der Waals surface area contributed by atoms with Crippen molar-refractivity contribution in [2.45, 2.75) is 39.7 Å². The number of aromatic nitrogens is 1. The summed E-state index contributed by atoms with van der Waals surface area (Å²) in [5, 5.41) is 5.48. The highest BCUT2D eigenvalue weighted by atomic mass is 35.5. The van der Waals surface area contributed by atoms with E-state index in [2.05, 4.69) is 32.2 Å². The molecule has 20 heavy (non-hydrogen) atoms. The van der Waals surface area contributed by atoms with E-state index in [-0.39, 0.29) is 0 Å². The SMILES string of the molecule is CCCNC(C)c1sc(Cc2ccccc2Cl)nc1C. The van der Waals surface area contributed by atoms with Gasteiger partial charge in [0.1, 0.15) is 0 Å². The average Bonchev–Trinajstić information content (AvgIpc) is 2.79. The van der Waals surface area contributed by atoms with Gasteiger partial charge >= 0.3 is 0 Å². The van der Waals surface area contributed by atoms with E-state index in [0.29, 0.717) is 6.04 Å². The molecule has 0 fully saturated rings. The van der Waals surface area contributed by atoms with Crippen LogP contribution in [0.1, 0.15) is 47.5 Å². The summed E-state index contributed by atoms with van der Waals surface area (Å²) in [5.74, 6) is 0. The first-order valence-electron chi connectivity index (χ1n) is 7.04. The second-order valence-electron chi connectivity index (χ2n) is 5.00. The zero-order valence-electron chi connectivity index (χ0n) is 12.2. The number of rotatable bonds is 6. The van der Waals surface area contributed by atoms with Crippen LogP contribution in [-0.4, -0.2) is 11.5 Å². The number of thiazole rings is 1. The van der Waals surface area contributed by atoms with E-state index in [1.807, 2.05) is 18.2 Å². The van der Waals surface area contributed by atoms with Crippen LogP contribution in [0.2, 0.25) is 5.02 Å². The van der Waals surface area contributed by atoms with Crippen LogP contribution in [0.15, 0.2) is 24.3 Å². The predicted octanol–water partition coefficient (Wildman–Crippen LogP) is 4.76. The second kappa shape index (κ2) is 7.21. The van der Waals surface area contributed by atoms with Gasteiger partial charge in [-0.05, 0) is 38.4 Å². The van der Waals surface area contributed by atoms with E-state index >= 15 is 0 Å². The largest absolute Gasteiger partial charge is 0.309 e.